The van der Waals surface area contributed by atoms with Crippen LogP contribution in [0.2, 0.25) is 0 Å². The van der Waals surface area contributed by atoms with Gasteiger partial charge in [0.25, 0.3) is 5.91 Å². The Kier molecular flexibility index (Phi) is 4.97. The molecule has 1 amide bonds. The molecule has 25 heavy (non-hydrogen) atoms. The highest BCUT2D eigenvalue weighted by atomic mass is 16.6. The van der Waals surface area contributed by atoms with E-state index in [2.05, 4.69) is 5.32 Å². The Bertz CT molecular complexity index is 761. The van der Waals surface area contributed by atoms with E-state index in [0.717, 1.165) is 0 Å². The molecule has 0 fully saturated rings. The van der Waals surface area contributed by atoms with Gasteiger partial charge in [-0.3, -0.25) is 4.79 Å². The van der Waals surface area contributed by atoms with Crippen LogP contribution in [0.1, 0.15) is 17.3 Å². The van der Waals surface area contributed by atoms with Gasteiger partial charge in [-0.05, 0) is 31.2 Å². The molecule has 0 radical (unpaired) electrons. The number of hydrogen-bond donors (Lipinski definition) is 1. The number of benzene rings is 2. The summed E-state index contributed by atoms with van der Waals surface area (Å²) in [7, 11) is 3.08. The molecule has 3 rings (SSSR count). The first-order chi connectivity index (χ1) is 12.1. The average Bonchev–Trinajstić information content (AvgIpc) is 2.66. The number of ether oxygens (including phenoxy) is 4. The molecule has 2 atom stereocenters. The molecule has 6 heteroatoms. The number of amides is 1. The maximum atomic E-state index is 12.6. The van der Waals surface area contributed by atoms with Gasteiger partial charge in [-0.25, -0.2) is 0 Å². The molecule has 0 aliphatic carbocycles. The highest BCUT2D eigenvalue weighted by molar-refractivity contribution is 5.97. The minimum atomic E-state index is -0.275. The van der Waals surface area contributed by atoms with Gasteiger partial charge in [0.2, 0.25) is 0 Å². The molecule has 1 heterocycles. The molecule has 2 aromatic carbocycles. The fourth-order valence-electron chi connectivity index (χ4n) is 2.65. The molecule has 0 saturated carbocycles. The number of hydrogen-bond acceptors (Lipinski definition) is 5. The van der Waals surface area contributed by atoms with E-state index < -0.39 is 0 Å². The van der Waals surface area contributed by atoms with Gasteiger partial charge in [0, 0.05) is 6.07 Å². The minimum absolute atomic E-state index is 0.241. The Morgan fingerprint density at radius 1 is 1.16 bits per heavy atom. The van der Waals surface area contributed by atoms with Gasteiger partial charge in [-0.15, -0.1) is 0 Å². The smallest absolute Gasteiger partial charge is 0.255 e. The predicted octanol–water partition coefficient (Wildman–Crippen LogP) is 2.66. The standard InChI is InChI=1S/C19H21NO5/c1-12(18-11-24-15-6-4-5-7-16(15)25-18)20-19(21)14-9-8-13(22-2)10-17(14)23-3/h4-10,12,18H,11H2,1-3H3,(H,20,21)/t12-,18-/m1/s1. The van der Waals surface area contributed by atoms with E-state index in [0.29, 0.717) is 35.2 Å². The van der Waals surface area contributed by atoms with Gasteiger partial charge in [0.1, 0.15) is 18.1 Å². The molecular formula is C19H21NO5. The molecule has 0 unspecified atom stereocenters. The van der Waals surface area contributed by atoms with Crippen molar-refractivity contribution in [2.75, 3.05) is 20.8 Å². The van der Waals surface area contributed by atoms with Crippen LogP contribution in [0, 0.1) is 0 Å². The maximum Gasteiger partial charge on any atom is 0.255 e. The predicted molar refractivity (Wildman–Crippen MR) is 92.8 cm³/mol. The Labute approximate surface area is 146 Å². The lowest BCUT2D eigenvalue weighted by atomic mass is 10.1. The van der Waals surface area contributed by atoms with Crippen molar-refractivity contribution in [3.05, 3.63) is 48.0 Å². The van der Waals surface area contributed by atoms with E-state index in [-0.39, 0.29) is 18.1 Å². The molecule has 0 aromatic heterocycles. The van der Waals surface area contributed by atoms with Crippen molar-refractivity contribution in [3.63, 3.8) is 0 Å². The van der Waals surface area contributed by atoms with Crippen molar-refractivity contribution >= 4 is 5.91 Å². The molecule has 2 aromatic rings. The maximum absolute atomic E-state index is 12.6. The third-order valence-corrected chi connectivity index (χ3v) is 4.10. The molecule has 0 bridgehead atoms. The van der Waals surface area contributed by atoms with Crippen LogP contribution in [0.4, 0.5) is 0 Å². The van der Waals surface area contributed by atoms with Gasteiger partial charge in [0.05, 0.1) is 25.8 Å². The first kappa shape index (κ1) is 17.0. The summed E-state index contributed by atoms with van der Waals surface area (Å²) in [4.78, 5) is 12.6. The lowest BCUT2D eigenvalue weighted by Crippen LogP contribution is -2.48. The lowest BCUT2D eigenvalue weighted by molar-refractivity contribution is 0.0605. The van der Waals surface area contributed by atoms with Crippen LogP contribution in [-0.4, -0.2) is 38.9 Å². The molecule has 0 saturated heterocycles. The van der Waals surface area contributed by atoms with E-state index in [1.165, 1.54) is 7.11 Å². The molecular weight excluding hydrogens is 322 g/mol. The second-order valence-corrected chi connectivity index (χ2v) is 5.74. The number of nitrogens with one attached hydrogen (secondary N) is 1. The summed E-state index contributed by atoms with van der Waals surface area (Å²) in [5, 5.41) is 2.94. The van der Waals surface area contributed by atoms with Gasteiger partial charge in [-0.2, -0.15) is 0 Å². The quantitative estimate of drug-likeness (QED) is 0.904. The Morgan fingerprint density at radius 2 is 1.92 bits per heavy atom. The average molecular weight is 343 g/mol. The number of methoxy groups -OCH3 is 2. The summed E-state index contributed by atoms with van der Waals surface area (Å²) in [6.45, 7) is 2.26. The van der Waals surface area contributed by atoms with Gasteiger partial charge >= 0.3 is 0 Å². The molecule has 1 aliphatic rings. The monoisotopic (exact) mass is 343 g/mol. The van der Waals surface area contributed by atoms with E-state index in [1.807, 2.05) is 31.2 Å². The van der Waals surface area contributed by atoms with Crippen LogP contribution in [0.25, 0.3) is 0 Å². The first-order valence-electron chi connectivity index (χ1n) is 8.03. The summed E-state index contributed by atoms with van der Waals surface area (Å²) < 4.78 is 22.1. The van der Waals surface area contributed by atoms with Crippen LogP contribution in [0.5, 0.6) is 23.0 Å². The summed E-state index contributed by atoms with van der Waals surface area (Å²) in [5.74, 6) is 2.24. The Balaban J connectivity index is 1.69. The SMILES string of the molecule is COc1ccc(C(=O)N[C@H](C)[C@H]2COc3ccccc3O2)c(OC)c1. The first-order valence-corrected chi connectivity index (χ1v) is 8.03. The molecule has 1 aliphatic heterocycles. The zero-order chi connectivity index (χ0) is 17.8. The Hall–Kier alpha value is -2.89. The van der Waals surface area contributed by atoms with Gasteiger partial charge in [0.15, 0.2) is 17.6 Å². The summed E-state index contributed by atoms with van der Waals surface area (Å²) in [5.41, 5.74) is 0.437. The minimum Gasteiger partial charge on any atom is -0.497 e. The fraction of sp³-hybridized carbons (Fsp3) is 0.316. The second kappa shape index (κ2) is 7.34. The number of carbonyl (C=O) groups excluding carboxylic acids is 1. The van der Waals surface area contributed by atoms with Crippen LogP contribution in [0.3, 0.4) is 0 Å². The molecule has 6 nitrogen and oxygen atoms in total. The van der Waals surface area contributed by atoms with E-state index in [9.17, 15) is 4.79 Å². The lowest BCUT2D eigenvalue weighted by Gasteiger charge is -2.30. The number of fused-ring (bicyclic) bond motifs is 1. The van der Waals surface area contributed by atoms with Crippen LogP contribution in [-0.2, 0) is 0 Å². The van der Waals surface area contributed by atoms with Crippen molar-refractivity contribution < 1.29 is 23.7 Å². The highest BCUT2D eigenvalue weighted by Gasteiger charge is 2.28. The van der Waals surface area contributed by atoms with Crippen molar-refractivity contribution in [1.82, 2.24) is 5.32 Å². The largest absolute Gasteiger partial charge is 0.497 e. The van der Waals surface area contributed by atoms with Gasteiger partial charge in [-0.1, -0.05) is 12.1 Å². The van der Waals surface area contributed by atoms with Crippen molar-refractivity contribution in [3.8, 4) is 23.0 Å². The summed E-state index contributed by atoms with van der Waals surface area (Å²) in [6.07, 6.45) is -0.275. The van der Waals surface area contributed by atoms with Crippen LogP contribution in [0.15, 0.2) is 42.5 Å². The third-order valence-electron chi connectivity index (χ3n) is 4.10. The molecule has 132 valence electrons. The van der Waals surface area contributed by atoms with E-state index in [1.54, 1.807) is 25.3 Å². The summed E-state index contributed by atoms with van der Waals surface area (Å²) >= 11 is 0. The number of para-hydroxylation sites is 2. The Morgan fingerprint density at radius 3 is 2.64 bits per heavy atom. The zero-order valence-electron chi connectivity index (χ0n) is 14.4. The number of rotatable bonds is 5. The summed E-state index contributed by atoms with van der Waals surface area (Å²) in [6, 6.07) is 12.3. The normalized spacial score (nSPS) is 16.7. The third kappa shape index (κ3) is 3.63. The van der Waals surface area contributed by atoms with Crippen molar-refractivity contribution in [1.29, 1.82) is 0 Å². The number of carbonyl (C=O) groups is 1. The van der Waals surface area contributed by atoms with Gasteiger partial charge < -0.3 is 24.3 Å². The highest BCUT2D eigenvalue weighted by Crippen LogP contribution is 2.31. The van der Waals surface area contributed by atoms with Crippen LogP contribution < -0.4 is 24.3 Å². The van der Waals surface area contributed by atoms with Crippen LogP contribution >= 0.6 is 0 Å². The molecule has 1 N–H and O–H groups in total. The molecule has 0 spiro atoms. The fourth-order valence-corrected chi connectivity index (χ4v) is 2.65. The van der Waals surface area contributed by atoms with E-state index >= 15 is 0 Å². The van der Waals surface area contributed by atoms with Crippen molar-refractivity contribution in [2.24, 2.45) is 0 Å². The zero-order valence-corrected chi connectivity index (χ0v) is 14.4. The van der Waals surface area contributed by atoms with Crippen molar-refractivity contribution in [2.45, 2.75) is 19.1 Å². The second-order valence-electron chi connectivity index (χ2n) is 5.74. The van der Waals surface area contributed by atoms with E-state index in [4.69, 9.17) is 18.9 Å². The topological polar surface area (TPSA) is 66.0 Å².